The summed E-state index contributed by atoms with van der Waals surface area (Å²) in [5.41, 5.74) is 0. The van der Waals surface area contributed by atoms with E-state index in [1.54, 1.807) is 0 Å². The van der Waals surface area contributed by atoms with E-state index in [-0.39, 0.29) is 24.7 Å². The molecule has 2 amide bonds. The Hall–Kier alpha value is -2.52. The summed E-state index contributed by atoms with van der Waals surface area (Å²) in [6, 6.07) is 0. The molecule has 1 aromatic rings. The van der Waals surface area contributed by atoms with Crippen molar-refractivity contribution in [1.29, 1.82) is 0 Å². The fraction of sp³-hybridized carbons (Fsp3) is 0.500. The van der Waals surface area contributed by atoms with E-state index in [1.165, 1.54) is 11.7 Å². The number of carbonyl (C=O) groups is 3. The van der Waals surface area contributed by atoms with Crippen LogP contribution >= 0.6 is 0 Å². The van der Waals surface area contributed by atoms with E-state index in [4.69, 9.17) is 5.11 Å². The highest BCUT2D eigenvalue weighted by atomic mass is 16.4. The van der Waals surface area contributed by atoms with Gasteiger partial charge in [0.2, 0.25) is 11.8 Å². The van der Waals surface area contributed by atoms with Gasteiger partial charge in [0.05, 0.1) is 6.42 Å². The van der Waals surface area contributed by atoms with Crippen molar-refractivity contribution in [3.05, 3.63) is 5.82 Å². The second-order valence-electron chi connectivity index (χ2n) is 3.27. The van der Waals surface area contributed by atoms with Crippen molar-refractivity contribution < 1.29 is 19.5 Å². The van der Waals surface area contributed by atoms with E-state index in [2.05, 4.69) is 26.2 Å². The molecule has 0 aromatic carbocycles. The number of rotatable bonds is 6. The second kappa shape index (κ2) is 6.27. The lowest BCUT2D eigenvalue weighted by molar-refractivity contribution is -0.137. The van der Waals surface area contributed by atoms with Crippen LogP contribution in [0.2, 0.25) is 0 Å². The molecule has 1 aromatic heterocycles. The molecule has 3 N–H and O–H groups in total. The van der Waals surface area contributed by atoms with Gasteiger partial charge in [0.15, 0.2) is 5.82 Å². The first-order valence-corrected chi connectivity index (χ1v) is 4.97. The van der Waals surface area contributed by atoms with Gasteiger partial charge in [-0.1, -0.05) is 0 Å². The number of carboxylic acids is 1. The van der Waals surface area contributed by atoms with Gasteiger partial charge < -0.3 is 15.7 Å². The average molecular weight is 256 g/mol. The first-order chi connectivity index (χ1) is 8.52. The van der Waals surface area contributed by atoms with Crippen molar-refractivity contribution in [3.63, 3.8) is 0 Å². The Kier molecular flexibility index (Phi) is 4.72. The molecule has 0 aliphatic heterocycles. The van der Waals surface area contributed by atoms with E-state index in [0.29, 0.717) is 0 Å². The van der Waals surface area contributed by atoms with E-state index in [9.17, 15) is 14.4 Å². The summed E-state index contributed by atoms with van der Waals surface area (Å²) in [7, 11) is 1.46. The minimum absolute atomic E-state index is 0.106. The maximum atomic E-state index is 11.3. The van der Waals surface area contributed by atoms with E-state index in [0.717, 1.165) is 0 Å². The maximum Gasteiger partial charge on any atom is 0.322 e. The highest BCUT2D eigenvalue weighted by molar-refractivity contribution is 5.82. The summed E-state index contributed by atoms with van der Waals surface area (Å²) >= 11 is 0. The number of hydrogen-bond donors (Lipinski definition) is 3. The molecular weight excluding hydrogens is 244 g/mol. The number of tetrazole rings is 1. The summed E-state index contributed by atoms with van der Waals surface area (Å²) in [4.78, 5) is 32.7. The lowest BCUT2D eigenvalue weighted by Crippen LogP contribution is -2.32. The van der Waals surface area contributed by atoms with Gasteiger partial charge in [-0.2, -0.15) is 0 Å². The third kappa shape index (κ3) is 4.15. The predicted octanol–water partition coefficient (Wildman–Crippen LogP) is -2.84. The fourth-order valence-corrected chi connectivity index (χ4v) is 1.07. The third-order valence-corrected chi connectivity index (χ3v) is 1.93. The Morgan fingerprint density at radius 3 is 2.67 bits per heavy atom. The summed E-state index contributed by atoms with van der Waals surface area (Å²) in [5.74, 6) is -1.81. The van der Waals surface area contributed by atoms with Gasteiger partial charge in [-0.3, -0.25) is 14.4 Å². The number of likely N-dealkylation sites (N-methyl/N-ethyl adjacent to an activating group) is 1. The Morgan fingerprint density at radius 1 is 1.33 bits per heavy atom. The first kappa shape index (κ1) is 13.5. The predicted molar refractivity (Wildman–Crippen MR) is 56.2 cm³/mol. The van der Waals surface area contributed by atoms with Gasteiger partial charge in [-0.05, 0) is 10.4 Å². The van der Waals surface area contributed by atoms with Crippen LogP contribution in [-0.2, 0) is 27.3 Å². The molecule has 0 atom stereocenters. The lowest BCUT2D eigenvalue weighted by Gasteiger charge is -2.03. The first-order valence-electron chi connectivity index (χ1n) is 4.97. The van der Waals surface area contributed by atoms with Gasteiger partial charge >= 0.3 is 5.97 Å². The highest BCUT2D eigenvalue weighted by Crippen LogP contribution is 1.93. The molecule has 10 nitrogen and oxygen atoms in total. The third-order valence-electron chi connectivity index (χ3n) is 1.93. The van der Waals surface area contributed by atoms with Crippen LogP contribution in [0.4, 0.5) is 0 Å². The Balaban J connectivity index is 2.56. The van der Waals surface area contributed by atoms with Crippen molar-refractivity contribution in [1.82, 2.24) is 30.8 Å². The van der Waals surface area contributed by atoms with Gasteiger partial charge in [0, 0.05) is 7.05 Å². The van der Waals surface area contributed by atoms with Gasteiger partial charge in [-0.25, -0.2) is 4.68 Å². The number of nitrogens with one attached hydrogen (secondary N) is 2. The van der Waals surface area contributed by atoms with Crippen LogP contribution < -0.4 is 10.6 Å². The largest absolute Gasteiger partial charge is 0.480 e. The molecule has 1 rings (SSSR count). The molecule has 1 heterocycles. The topological polar surface area (TPSA) is 139 Å². The van der Waals surface area contributed by atoms with Crippen molar-refractivity contribution in [3.8, 4) is 0 Å². The summed E-state index contributed by atoms with van der Waals surface area (Å²) in [6.45, 7) is -0.582. The van der Waals surface area contributed by atoms with Gasteiger partial charge in [0.25, 0.3) is 0 Å². The van der Waals surface area contributed by atoms with Crippen LogP contribution in [0, 0.1) is 0 Å². The standard InChI is InChI=1S/C8H12N6O4/c1-9-7(16)4-14-5(11-12-13-14)2-6(15)10-3-8(17)18/h2-4H2,1H3,(H,9,16)(H,10,15)(H,17,18). The monoisotopic (exact) mass is 256 g/mol. The number of amides is 2. The minimum Gasteiger partial charge on any atom is -0.480 e. The molecule has 18 heavy (non-hydrogen) atoms. The lowest BCUT2D eigenvalue weighted by atomic mass is 10.3. The van der Waals surface area contributed by atoms with Gasteiger partial charge in [-0.15, -0.1) is 5.10 Å². The minimum atomic E-state index is -1.15. The molecule has 0 aliphatic rings. The van der Waals surface area contributed by atoms with Crippen LogP contribution in [0.5, 0.6) is 0 Å². The van der Waals surface area contributed by atoms with E-state index < -0.39 is 18.4 Å². The maximum absolute atomic E-state index is 11.3. The SMILES string of the molecule is CNC(=O)Cn1nnnc1CC(=O)NCC(=O)O. The second-order valence-corrected chi connectivity index (χ2v) is 3.27. The average Bonchev–Trinajstić information content (AvgIpc) is 2.73. The number of nitrogens with zero attached hydrogens (tertiary/aromatic N) is 4. The van der Waals surface area contributed by atoms with E-state index in [1.807, 2.05) is 0 Å². The molecule has 0 radical (unpaired) electrons. The Labute approximate surface area is 101 Å². The molecule has 0 saturated heterocycles. The molecule has 0 fully saturated rings. The zero-order valence-electron chi connectivity index (χ0n) is 9.58. The normalized spacial score (nSPS) is 9.83. The van der Waals surface area contributed by atoms with Crippen molar-refractivity contribution in [2.75, 3.05) is 13.6 Å². The number of aliphatic carboxylic acids is 1. The fourth-order valence-electron chi connectivity index (χ4n) is 1.07. The molecule has 0 unspecified atom stereocenters. The zero-order valence-corrected chi connectivity index (χ0v) is 9.58. The highest BCUT2D eigenvalue weighted by Gasteiger charge is 2.13. The number of carboxylic acid groups (broad SMARTS) is 1. The summed E-state index contributed by atoms with van der Waals surface area (Å²) in [5, 5.41) is 23.4. The van der Waals surface area contributed by atoms with Gasteiger partial charge in [0.1, 0.15) is 13.1 Å². The molecule has 98 valence electrons. The van der Waals surface area contributed by atoms with Crippen LogP contribution in [0.3, 0.4) is 0 Å². The van der Waals surface area contributed by atoms with Crippen LogP contribution in [0.25, 0.3) is 0 Å². The molecule has 10 heteroatoms. The van der Waals surface area contributed by atoms with Crippen molar-refractivity contribution >= 4 is 17.8 Å². The quantitative estimate of drug-likeness (QED) is 0.498. The molecular formula is C8H12N6O4. The molecule has 0 bridgehead atoms. The zero-order chi connectivity index (χ0) is 13.5. The number of carbonyl (C=O) groups excluding carboxylic acids is 2. The summed E-state index contributed by atoms with van der Waals surface area (Å²) < 4.78 is 1.17. The van der Waals surface area contributed by atoms with Crippen molar-refractivity contribution in [2.24, 2.45) is 0 Å². The van der Waals surface area contributed by atoms with Crippen LogP contribution in [0.15, 0.2) is 0 Å². The molecule has 0 saturated carbocycles. The van der Waals surface area contributed by atoms with Crippen LogP contribution in [0.1, 0.15) is 5.82 Å². The molecule has 0 spiro atoms. The number of hydrogen-bond acceptors (Lipinski definition) is 6. The summed E-state index contributed by atoms with van der Waals surface area (Å²) in [6.07, 6.45) is -0.197. The number of aromatic nitrogens is 4. The molecule has 0 aliphatic carbocycles. The Bertz CT molecular complexity index is 456. The Morgan fingerprint density at radius 2 is 2.06 bits per heavy atom. The van der Waals surface area contributed by atoms with Crippen LogP contribution in [-0.4, -0.2) is 56.7 Å². The smallest absolute Gasteiger partial charge is 0.322 e. The van der Waals surface area contributed by atoms with Crippen molar-refractivity contribution in [2.45, 2.75) is 13.0 Å². The van der Waals surface area contributed by atoms with E-state index >= 15 is 0 Å².